The molecule has 0 unspecified atom stereocenters. The second-order valence-electron chi connectivity index (χ2n) is 4.53. The molecule has 0 aliphatic rings. The van der Waals surface area contributed by atoms with E-state index >= 15 is 0 Å². The van der Waals surface area contributed by atoms with Gasteiger partial charge in [-0.15, -0.1) is 23.1 Å². The summed E-state index contributed by atoms with van der Waals surface area (Å²) >= 11 is 3.40. The molecule has 2 heterocycles. The summed E-state index contributed by atoms with van der Waals surface area (Å²) in [7, 11) is 0. The molecule has 0 atom stereocenters. The Kier molecular flexibility index (Phi) is 3.19. The molecule has 2 aromatic rings. The Morgan fingerprint density at radius 1 is 1.44 bits per heavy atom. The van der Waals surface area contributed by atoms with Gasteiger partial charge >= 0.3 is 0 Å². The molecular weight excluding hydrogens is 238 g/mol. The van der Waals surface area contributed by atoms with Crippen molar-refractivity contribution in [2.75, 3.05) is 5.75 Å². The fourth-order valence-electron chi connectivity index (χ4n) is 1.32. The lowest BCUT2D eigenvalue weighted by molar-refractivity contribution is 0.591. The molecule has 3 nitrogen and oxygen atoms in total. The zero-order valence-corrected chi connectivity index (χ0v) is 11.3. The molecule has 0 saturated heterocycles. The van der Waals surface area contributed by atoms with Crippen LogP contribution in [-0.4, -0.2) is 21.3 Å². The summed E-state index contributed by atoms with van der Waals surface area (Å²) in [5.41, 5.74) is 5.80. The van der Waals surface area contributed by atoms with Crippen molar-refractivity contribution < 1.29 is 0 Å². The van der Waals surface area contributed by atoms with E-state index < -0.39 is 0 Å². The van der Waals surface area contributed by atoms with Crippen LogP contribution >= 0.6 is 23.1 Å². The zero-order valence-electron chi connectivity index (χ0n) is 9.65. The summed E-state index contributed by atoms with van der Waals surface area (Å²) in [4.78, 5) is 10.9. The molecule has 0 aliphatic carbocycles. The van der Waals surface area contributed by atoms with Crippen molar-refractivity contribution in [2.45, 2.75) is 31.3 Å². The van der Waals surface area contributed by atoms with Crippen LogP contribution in [-0.2, 0) is 0 Å². The van der Waals surface area contributed by atoms with E-state index in [0.29, 0.717) is 0 Å². The normalized spacial score (nSPS) is 12.2. The van der Waals surface area contributed by atoms with Crippen molar-refractivity contribution in [2.24, 2.45) is 5.73 Å². The summed E-state index contributed by atoms with van der Waals surface area (Å²) in [6.07, 6.45) is 1.63. The van der Waals surface area contributed by atoms with Gasteiger partial charge in [-0.3, -0.25) is 0 Å². The van der Waals surface area contributed by atoms with Gasteiger partial charge < -0.3 is 5.73 Å². The van der Waals surface area contributed by atoms with E-state index in [2.05, 4.69) is 23.0 Å². The fourth-order valence-corrected chi connectivity index (χ4v) is 3.18. The first-order valence-electron chi connectivity index (χ1n) is 5.08. The molecule has 16 heavy (non-hydrogen) atoms. The molecular formula is C11H15N3S2. The van der Waals surface area contributed by atoms with E-state index in [-0.39, 0.29) is 5.54 Å². The van der Waals surface area contributed by atoms with Crippen LogP contribution in [0.25, 0.3) is 10.2 Å². The van der Waals surface area contributed by atoms with Crippen molar-refractivity contribution in [1.29, 1.82) is 0 Å². The lowest BCUT2D eigenvalue weighted by atomic mass is 10.1. The predicted molar refractivity (Wildman–Crippen MR) is 71.1 cm³/mol. The van der Waals surface area contributed by atoms with E-state index in [1.54, 1.807) is 29.4 Å². The van der Waals surface area contributed by atoms with Crippen molar-refractivity contribution in [3.05, 3.63) is 17.3 Å². The monoisotopic (exact) mass is 253 g/mol. The smallest absolute Gasteiger partial charge is 0.128 e. The summed E-state index contributed by atoms with van der Waals surface area (Å²) < 4.78 is 0. The van der Waals surface area contributed by atoms with Crippen LogP contribution in [0.4, 0.5) is 0 Å². The first-order chi connectivity index (χ1) is 7.46. The highest BCUT2D eigenvalue weighted by Gasteiger charge is 2.14. The first kappa shape index (κ1) is 11.8. The van der Waals surface area contributed by atoms with Gasteiger partial charge in [0.05, 0.1) is 0 Å². The van der Waals surface area contributed by atoms with Gasteiger partial charge in [0.1, 0.15) is 16.2 Å². The first-order valence-corrected chi connectivity index (χ1v) is 6.89. The average Bonchev–Trinajstić information content (AvgIpc) is 2.54. The summed E-state index contributed by atoms with van der Waals surface area (Å²) in [6, 6.07) is 2.14. The third kappa shape index (κ3) is 2.72. The minimum atomic E-state index is -0.174. The molecule has 0 aromatic carbocycles. The van der Waals surface area contributed by atoms with Gasteiger partial charge in [-0.1, -0.05) is 0 Å². The Labute approximate surface area is 103 Å². The number of aromatic nitrogens is 2. The summed E-state index contributed by atoms with van der Waals surface area (Å²) in [5, 5.41) is 2.19. The van der Waals surface area contributed by atoms with Gasteiger partial charge in [0.25, 0.3) is 0 Å². The molecule has 2 N–H and O–H groups in total. The summed E-state index contributed by atoms with van der Waals surface area (Å²) in [6.45, 7) is 6.14. The highest BCUT2D eigenvalue weighted by molar-refractivity contribution is 7.99. The summed E-state index contributed by atoms with van der Waals surface area (Å²) in [5.74, 6) is 0.855. The van der Waals surface area contributed by atoms with Gasteiger partial charge in [0.2, 0.25) is 0 Å². The average molecular weight is 253 g/mol. The largest absolute Gasteiger partial charge is 0.325 e. The molecule has 5 heteroatoms. The van der Waals surface area contributed by atoms with Crippen molar-refractivity contribution >= 4 is 33.3 Å². The van der Waals surface area contributed by atoms with Crippen molar-refractivity contribution in [3.63, 3.8) is 0 Å². The highest BCUT2D eigenvalue weighted by Crippen LogP contribution is 2.31. The second-order valence-corrected chi connectivity index (χ2v) is 6.73. The molecule has 0 saturated carbocycles. The van der Waals surface area contributed by atoms with Crippen LogP contribution in [0.2, 0.25) is 0 Å². The number of rotatable bonds is 3. The predicted octanol–water partition coefficient (Wildman–Crippen LogP) is 2.83. The molecule has 86 valence electrons. The number of nitrogens with two attached hydrogens (primary N) is 1. The lowest BCUT2D eigenvalue weighted by Crippen LogP contribution is -2.34. The van der Waals surface area contributed by atoms with Crippen molar-refractivity contribution in [3.8, 4) is 0 Å². The van der Waals surface area contributed by atoms with Gasteiger partial charge in [0.15, 0.2) is 0 Å². The van der Waals surface area contributed by atoms with Crippen LogP contribution in [0.5, 0.6) is 0 Å². The number of hydrogen-bond acceptors (Lipinski definition) is 5. The molecule has 0 amide bonds. The molecule has 0 fully saturated rings. The maximum Gasteiger partial charge on any atom is 0.128 e. The Bertz CT molecular complexity index is 499. The number of nitrogens with zero attached hydrogens (tertiary/aromatic N) is 2. The Balaban J connectivity index is 2.30. The quantitative estimate of drug-likeness (QED) is 0.675. The van der Waals surface area contributed by atoms with Gasteiger partial charge in [-0.2, -0.15) is 0 Å². The molecule has 0 spiro atoms. The van der Waals surface area contributed by atoms with Gasteiger partial charge in [-0.25, -0.2) is 9.97 Å². The van der Waals surface area contributed by atoms with Crippen LogP contribution in [0, 0.1) is 6.92 Å². The number of thioether (sulfide) groups is 1. The van der Waals surface area contributed by atoms with Crippen LogP contribution in [0.1, 0.15) is 18.7 Å². The van der Waals surface area contributed by atoms with Gasteiger partial charge in [0, 0.05) is 21.6 Å². The van der Waals surface area contributed by atoms with Crippen molar-refractivity contribution in [1.82, 2.24) is 9.97 Å². The number of hydrogen-bond donors (Lipinski definition) is 1. The minimum absolute atomic E-state index is 0.174. The number of thiophene rings is 1. The second kappa shape index (κ2) is 4.31. The third-order valence-electron chi connectivity index (χ3n) is 2.00. The molecule has 0 radical (unpaired) electrons. The van der Waals surface area contributed by atoms with E-state index in [0.717, 1.165) is 21.0 Å². The highest BCUT2D eigenvalue weighted by atomic mass is 32.2. The standard InChI is InChI=1S/C11H15N3S2/c1-7-4-8-9(15-5-11(2,3)12)13-6-14-10(8)16-7/h4,6H,5,12H2,1-3H3. The van der Waals surface area contributed by atoms with E-state index in [4.69, 9.17) is 5.73 Å². The molecule has 2 rings (SSSR count). The van der Waals surface area contributed by atoms with E-state index in [9.17, 15) is 0 Å². The SMILES string of the molecule is Cc1cc2c(SCC(C)(C)N)ncnc2s1. The zero-order chi connectivity index (χ0) is 11.8. The van der Waals surface area contributed by atoms with Gasteiger partial charge in [-0.05, 0) is 26.8 Å². The Hall–Kier alpha value is -0.650. The molecule has 0 bridgehead atoms. The van der Waals surface area contributed by atoms with Crippen LogP contribution in [0.3, 0.4) is 0 Å². The Morgan fingerprint density at radius 3 is 2.88 bits per heavy atom. The fraction of sp³-hybridized carbons (Fsp3) is 0.455. The Morgan fingerprint density at radius 2 is 2.19 bits per heavy atom. The lowest BCUT2D eigenvalue weighted by Gasteiger charge is -2.17. The third-order valence-corrected chi connectivity index (χ3v) is 4.44. The van der Waals surface area contributed by atoms with Crippen LogP contribution in [0.15, 0.2) is 17.4 Å². The maximum absolute atomic E-state index is 5.97. The maximum atomic E-state index is 5.97. The van der Waals surface area contributed by atoms with Crippen LogP contribution < -0.4 is 5.73 Å². The number of fused-ring (bicyclic) bond motifs is 1. The molecule has 0 aliphatic heterocycles. The molecule has 2 aromatic heterocycles. The minimum Gasteiger partial charge on any atom is -0.325 e. The number of aryl methyl sites for hydroxylation is 1. The topological polar surface area (TPSA) is 51.8 Å². The van der Waals surface area contributed by atoms with E-state index in [1.807, 2.05) is 13.8 Å². The van der Waals surface area contributed by atoms with E-state index in [1.165, 1.54) is 4.88 Å².